The first kappa shape index (κ1) is 12.9. The number of likely N-dealkylation sites (N-methyl/N-ethyl adjacent to an activating group) is 1. The number of anilines is 1. The van der Waals surface area contributed by atoms with Crippen molar-refractivity contribution in [2.45, 2.75) is 25.0 Å². The third-order valence-electron chi connectivity index (χ3n) is 4.49. The van der Waals surface area contributed by atoms with Gasteiger partial charge in [0.05, 0.1) is 11.7 Å². The van der Waals surface area contributed by atoms with Crippen molar-refractivity contribution in [3.63, 3.8) is 0 Å². The van der Waals surface area contributed by atoms with Crippen LogP contribution in [0.25, 0.3) is 0 Å². The topological polar surface area (TPSA) is 24.5 Å². The quantitative estimate of drug-likeness (QED) is 0.915. The predicted molar refractivity (Wildman–Crippen MR) is 84.3 cm³/mol. The molecule has 0 spiro atoms. The predicted octanol–water partition coefficient (Wildman–Crippen LogP) is 3.06. The molecule has 0 amide bonds. The van der Waals surface area contributed by atoms with Gasteiger partial charge in [-0.2, -0.15) is 0 Å². The average molecular weight is 280 g/mol. The van der Waals surface area contributed by atoms with Crippen LogP contribution in [0.1, 0.15) is 29.2 Å². The highest BCUT2D eigenvalue weighted by Crippen LogP contribution is 2.43. The van der Waals surface area contributed by atoms with Gasteiger partial charge in [0, 0.05) is 13.0 Å². The van der Waals surface area contributed by atoms with Crippen molar-refractivity contribution in [3.8, 4) is 0 Å². The van der Waals surface area contributed by atoms with Crippen molar-refractivity contribution >= 4 is 5.69 Å². The van der Waals surface area contributed by atoms with Crippen molar-refractivity contribution in [2.75, 3.05) is 18.7 Å². The molecule has 0 aromatic heterocycles. The number of hydrogen-bond acceptors (Lipinski definition) is 3. The molecule has 3 nitrogen and oxygen atoms in total. The number of nitrogens with zero attached hydrogens (tertiary/aromatic N) is 1. The Morgan fingerprint density at radius 2 is 1.86 bits per heavy atom. The highest BCUT2D eigenvalue weighted by molar-refractivity contribution is 5.59. The van der Waals surface area contributed by atoms with E-state index in [1.54, 1.807) is 0 Å². The molecule has 2 aliphatic heterocycles. The zero-order valence-electron chi connectivity index (χ0n) is 12.3. The van der Waals surface area contributed by atoms with E-state index < -0.39 is 0 Å². The number of para-hydroxylation sites is 1. The van der Waals surface area contributed by atoms with Crippen LogP contribution in [0.15, 0.2) is 48.5 Å². The smallest absolute Gasteiger partial charge is 0.100 e. The maximum atomic E-state index is 6.24. The maximum Gasteiger partial charge on any atom is 0.100 e. The van der Waals surface area contributed by atoms with E-state index in [9.17, 15) is 0 Å². The Morgan fingerprint density at radius 1 is 1.10 bits per heavy atom. The monoisotopic (exact) mass is 280 g/mol. The molecule has 2 heterocycles. The highest BCUT2D eigenvalue weighted by atomic mass is 16.7. The molecule has 2 aromatic rings. The van der Waals surface area contributed by atoms with E-state index >= 15 is 0 Å². The van der Waals surface area contributed by atoms with Gasteiger partial charge in [0.15, 0.2) is 0 Å². The van der Waals surface area contributed by atoms with E-state index in [0.29, 0.717) is 6.04 Å². The summed E-state index contributed by atoms with van der Waals surface area (Å²) in [6, 6.07) is 17.7. The Bertz CT molecular complexity index is 602. The van der Waals surface area contributed by atoms with E-state index in [1.807, 2.05) is 7.05 Å². The van der Waals surface area contributed by atoms with Gasteiger partial charge >= 0.3 is 0 Å². The first-order chi connectivity index (χ1) is 10.4. The van der Waals surface area contributed by atoms with Crippen LogP contribution in [0, 0.1) is 0 Å². The number of benzene rings is 2. The lowest BCUT2D eigenvalue weighted by Crippen LogP contribution is -2.26. The second-order valence-corrected chi connectivity index (χ2v) is 5.87. The Kier molecular flexibility index (Phi) is 3.17. The van der Waals surface area contributed by atoms with E-state index in [4.69, 9.17) is 4.84 Å². The average Bonchev–Trinajstić information content (AvgIpc) is 2.87. The minimum absolute atomic E-state index is 0.235. The third-order valence-corrected chi connectivity index (χ3v) is 4.49. The van der Waals surface area contributed by atoms with Crippen molar-refractivity contribution in [2.24, 2.45) is 0 Å². The van der Waals surface area contributed by atoms with Crippen molar-refractivity contribution < 1.29 is 4.84 Å². The summed E-state index contributed by atoms with van der Waals surface area (Å²) in [6.45, 7) is 0.886. The van der Waals surface area contributed by atoms with Gasteiger partial charge in [-0.1, -0.05) is 42.5 Å². The molecule has 3 heteroatoms. The summed E-state index contributed by atoms with van der Waals surface area (Å²) in [5.74, 6) is 0. The van der Waals surface area contributed by atoms with Crippen LogP contribution in [0.3, 0.4) is 0 Å². The Balaban J connectivity index is 1.83. The molecule has 0 unspecified atom stereocenters. The fourth-order valence-electron chi connectivity index (χ4n) is 3.55. The molecular formula is C18H20N2O. The Hall–Kier alpha value is -1.84. The molecule has 108 valence electrons. The molecule has 1 N–H and O–H groups in total. The lowest BCUT2D eigenvalue weighted by molar-refractivity contribution is 0.0845. The first-order valence-corrected chi connectivity index (χ1v) is 7.63. The molecule has 0 bridgehead atoms. The van der Waals surface area contributed by atoms with Crippen LogP contribution in [0.4, 0.5) is 5.69 Å². The van der Waals surface area contributed by atoms with E-state index in [1.165, 1.54) is 22.4 Å². The summed E-state index contributed by atoms with van der Waals surface area (Å²) >= 11 is 0. The minimum Gasteiger partial charge on any atom is -0.317 e. The molecule has 1 saturated heterocycles. The number of hydroxylamine groups is 1. The number of nitrogens with one attached hydrogen (secondary N) is 1. The number of hydrogen-bond donors (Lipinski definition) is 1. The molecule has 0 saturated carbocycles. The first-order valence-electron chi connectivity index (χ1n) is 7.63. The number of fused-ring (bicyclic) bond motifs is 5. The molecule has 4 rings (SSSR count). The van der Waals surface area contributed by atoms with Gasteiger partial charge in [-0.25, -0.2) is 5.06 Å². The summed E-state index contributed by atoms with van der Waals surface area (Å²) in [5.41, 5.74) is 5.40. The summed E-state index contributed by atoms with van der Waals surface area (Å²) < 4.78 is 0. The minimum atomic E-state index is 0.235. The van der Waals surface area contributed by atoms with Gasteiger partial charge in [-0.05, 0) is 36.2 Å². The summed E-state index contributed by atoms with van der Waals surface area (Å²) in [5, 5.41) is 5.37. The second kappa shape index (κ2) is 5.17. The normalized spacial score (nSPS) is 23.2. The molecule has 1 fully saturated rings. The molecule has 0 aliphatic carbocycles. The van der Waals surface area contributed by atoms with Crippen LogP contribution in [-0.2, 0) is 11.3 Å². The molecular weight excluding hydrogens is 260 g/mol. The van der Waals surface area contributed by atoms with Crippen molar-refractivity contribution in [1.82, 2.24) is 5.32 Å². The summed E-state index contributed by atoms with van der Waals surface area (Å²) in [4.78, 5) is 6.24. The Labute approximate surface area is 125 Å². The van der Waals surface area contributed by atoms with Crippen LogP contribution in [0.2, 0.25) is 0 Å². The zero-order chi connectivity index (χ0) is 14.2. The van der Waals surface area contributed by atoms with Crippen molar-refractivity contribution in [3.05, 3.63) is 65.2 Å². The van der Waals surface area contributed by atoms with Gasteiger partial charge < -0.3 is 5.32 Å². The van der Waals surface area contributed by atoms with Gasteiger partial charge in [0.25, 0.3) is 0 Å². The molecule has 2 atom stereocenters. The largest absolute Gasteiger partial charge is 0.317 e. The molecule has 2 aliphatic rings. The van der Waals surface area contributed by atoms with Crippen LogP contribution < -0.4 is 10.4 Å². The van der Waals surface area contributed by atoms with Crippen LogP contribution >= 0.6 is 0 Å². The van der Waals surface area contributed by atoms with Gasteiger partial charge in [-0.15, -0.1) is 0 Å². The van der Waals surface area contributed by atoms with E-state index in [2.05, 4.69) is 58.9 Å². The Morgan fingerprint density at radius 3 is 2.71 bits per heavy atom. The van der Waals surface area contributed by atoms with E-state index in [0.717, 1.165) is 19.4 Å². The van der Waals surface area contributed by atoms with Crippen LogP contribution in [0.5, 0.6) is 0 Å². The lowest BCUT2D eigenvalue weighted by atomic mass is 9.95. The van der Waals surface area contributed by atoms with Crippen molar-refractivity contribution in [1.29, 1.82) is 0 Å². The fraction of sp³-hybridized carbons (Fsp3) is 0.333. The summed E-state index contributed by atoms with van der Waals surface area (Å²) in [7, 11) is 1.98. The zero-order valence-corrected chi connectivity index (χ0v) is 12.3. The standard InChI is InChI=1S/C18H20N2O/c1-19-12-15-11-18-16-8-4-2-6-13(16)10-14-7-3-5-9-17(14)20(18)21-15/h2-9,15,18-19H,10-12H2,1H3/t15-,18-/m1/s1. The van der Waals surface area contributed by atoms with E-state index in [-0.39, 0.29) is 6.10 Å². The SMILES string of the molecule is CNC[C@H]1C[C@@H]2c3ccccc3Cc3ccccc3N2O1. The second-order valence-electron chi connectivity index (χ2n) is 5.87. The van der Waals surface area contributed by atoms with Gasteiger partial charge in [0.1, 0.15) is 6.10 Å². The lowest BCUT2D eigenvalue weighted by Gasteiger charge is -2.25. The van der Waals surface area contributed by atoms with Gasteiger partial charge in [0.2, 0.25) is 0 Å². The van der Waals surface area contributed by atoms with Crippen LogP contribution in [-0.4, -0.2) is 19.7 Å². The maximum absolute atomic E-state index is 6.24. The highest BCUT2D eigenvalue weighted by Gasteiger charge is 2.38. The van der Waals surface area contributed by atoms with Gasteiger partial charge in [-0.3, -0.25) is 4.84 Å². The molecule has 2 aromatic carbocycles. The third kappa shape index (κ3) is 2.13. The fourth-order valence-corrected chi connectivity index (χ4v) is 3.55. The molecule has 21 heavy (non-hydrogen) atoms. The summed E-state index contributed by atoms with van der Waals surface area (Å²) in [6.07, 6.45) is 2.25. The molecule has 0 radical (unpaired) electrons. The number of rotatable bonds is 2.